The summed E-state index contributed by atoms with van der Waals surface area (Å²) in [5.74, 6) is 0.0523. The molecule has 0 bridgehead atoms. The minimum atomic E-state index is -0.121. The molecule has 0 saturated carbocycles. The van der Waals surface area contributed by atoms with Gasteiger partial charge in [-0.1, -0.05) is 12.1 Å². The second-order valence-corrected chi connectivity index (χ2v) is 6.28. The zero-order chi connectivity index (χ0) is 17.3. The number of rotatable bonds is 5. The van der Waals surface area contributed by atoms with Crippen molar-refractivity contribution in [1.82, 2.24) is 5.32 Å². The fourth-order valence-electron chi connectivity index (χ4n) is 3.44. The molecule has 1 aliphatic rings. The first-order valence-corrected chi connectivity index (χ1v) is 8.04. The first-order chi connectivity index (χ1) is 11.5. The van der Waals surface area contributed by atoms with Crippen molar-refractivity contribution in [2.45, 2.75) is 32.5 Å². The molecule has 0 saturated heterocycles. The summed E-state index contributed by atoms with van der Waals surface area (Å²) in [5, 5.41) is 21.9. The number of aliphatic hydroxyl groups is 2. The number of nitrogen functional groups attached to an aromatic ring is 1. The number of benzene rings is 2. The Morgan fingerprint density at radius 3 is 2.58 bits per heavy atom. The van der Waals surface area contributed by atoms with Crippen molar-refractivity contribution >= 4 is 11.6 Å². The van der Waals surface area contributed by atoms with Crippen LogP contribution >= 0.6 is 0 Å². The lowest BCUT2D eigenvalue weighted by molar-refractivity contribution is 0.0949. The zero-order valence-electron chi connectivity index (χ0n) is 13.7. The van der Waals surface area contributed by atoms with Crippen molar-refractivity contribution in [1.29, 1.82) is 0 Å². The van der Waals surface area contributed by atoms with E-state index < -0.39 is 0 Å². The van der Waals surface area contributed by atoms with E-state index in [0.29, 0.717) is 17.8 Å². The molecule has 5 nitrogen and oxygen atoms in total. The van der Waals surface area contributed by atoms with Gasteiger partial charge in [-0.2, -0.15) is 0 Å². The number of fused-ring (bicyclic) bond motifs is 1. The third-order valence-corrected chi connectivity index (χ3v) is 4.75. The quantitative estimate of drug-likeness (QED) is 0.628. The van der Waals surface area contributed by atoms with Crippen LogP contribution in [0.2, 0.25) is 0 Å². The molecule has 5 N–H and O–H groups in total. The van der Waals surface area contributed by atoms with Crippen molar-refractivity contribution < 1.29 is 15.0 Å². The molecule has 3 rings (SSSR count). The van der Waals surface area contributed by atoms with Gasteiger partial charge >= 0.3 is 0 Å². The largest absolute Gasteiger partial charge is 0.399 e. The first kappa shape index (κ1) is 16.5. The number of hydrogen-bond donors (Lipinski definition) is 4. The van der Waals surface area contributed by atoms with Gasteiger partial charge in [0.2, 0.25) is 0 Å². The van der Waals surface area contributed by atoms with Crippen molar-refractivity contribution in [3.63, 3.8) is 0 Å². The fraction of sp³-hybridized carbons (Fsp3) is 0.316. The lowest BCUT2D eigenvalue weighted by Crippen LogP contribution is -2.35. The molecule has 5 heteroatoms. The first-order valence-electron chi connectivity index (χ1n) is 8.04. The van der Waals surface area contributed by atoms with Gasteiger partial charge in [0.1, 0.15) is 0 Å². The highest BCUT2D eigenvalue weighted by molar-refractivity contribution is 5.96. The van der Waals surface area contributed by atoms with E-state index in [9.17, 15) is 15.0 Å². The molecule has 0 heterocycles. The van der Waals surface area contributed by atoms with Crippen molar-refractivity contribution in [2.75, 3.05) is 12.3 Å². The summed E-state index contributed by atoms with van der Waals surface area (Å²) >= 11 is 0. The summed E-state index contributed by atoms with van der Waals surface area (Å²) in [6.07, 6.45) is 0.806. The SMILES string of the molecule is Cc1cc(N)ccc1C(=O)NCC1Cc2c(CO)ccc(CO)c21. The molecule has 2 aromatic rings. The van der Waals surface area contributed by atoms with Crippen LogP contribution in [0.15, 0.2) is 30.3 Å². The molecule has 0 aromatic heterocycles. The number of aryl methyl sites for hydroxylation is 1. The van der Waals surface area contributed by atoms with E-state index in [1.807, 2.05) is 19.1 Å². The van der Waals surface area contributed by atoms with Gasteiger partial charge in [0.25, 0.3) is 5.91 Å². The number of nitrogens with two attached hydrogens (primary N) is 1. The molecular formula is C19H22N2O3. The van der Waals surface area contributed by atoms with Gasteiger partial charge in [0, 0.05) is 23.7 Å². The average Bonchev–Trinajstić information content (AvgIpc) is 2.54. The minimum Gasteiger partial charge on any atom is -0.399 e. The third kappa shape index (κ3) is 2.88. The van der Waals surface area contributed by atoms with E-state index in [4.69, 9.17) is 5.73 Å². The van der Waals surface area contributed by atoms with E-state index in [0.717, 1.165) is 34.2 Å². The Balaban J connectivity index is 1.72. The van der Waals surface area contributed by atoms with Crippen molar-refractivity contribution in [2.24, 2.45) is 0 Å². The topological polar surface area (TPSA) is 95.6 Å². The predicted octanol–water partition coefficient (Wildman–Crippen LogP) is 1.63. The molecule has 0 aliphatic heterocycles. The third-order valence-electron chi connectivity index (χ3n) is 4.75. The summed E-state index contributed by atoms with van der Waals surface area (Å²) in [6.45, 7) is 2.34. The van der Waals surface area contributed by atoms with Gasteiger partial charge in [0.05, 0.1) is 13.2 Å². The summed E-state index contributed by atoms with van der Waals surface area (Å²) in [7, 11) is 0. The smallest absolute Gasteiger partial charge is 0.251 e. The van der Waals surface area contributed by atoms with Crippen LogP contribution in [0.1, 0.15) is 44.1 Å². The molecule has 1 amide bonds. The molecule has 0 radical (unpaired) electrons. The van der Waals surface area contributed by atoms with Crippen molar-refractivity contribution in [3.8, 4) is 0 Å². The zero-order valence-corrected chi connectivity index (χ0v) is 13.7. The number of carbonyl (C=O) groups excluding carboxylic acids is 1. The molecule has 1 aliphatic carbocycles. The molecule has 24 heavy (non-hydrogen) atoms. The van der Waals surface area contributed by atoms with Crippen molar-refractivity contribution in [3.05, 3.63) is 63.7 Å². The Kier molecular flexibility index (Phi) is 4.55. The Morgan fingerprint density at radius 1 is 1.21 bits per heavy atom. The number of nitrogens with one attached hydrogen (secondary N) is 1. The molecule has 1 atom stereocenters. The summed E-state index contributed by atoms with van der Waals surface area (Å²) in [5.41, 5.74) is 11.8. The van der Waals surface area contributed by atoms with E-state index in [1.54, 1.807) is 18.2 Å². The van der Waals surface area contributed by atoms with Gasteiger partial charge < -0.3 is 21.3 Å². The fourth-order valence-corrected chi connectivity index (χ4v) is 3.44. The van der Waals surface area contributed by atoms with Gasteiger partial charge in [-0.15, -0.1) is 0 Å². The molecule has 0 fully saturated rings. The Labute approximate surface area is 141 Å². The summed E-state index contributed by atoms with van der Waals surface area (Å²) in [6, 6.07) is 8.94. The van der Waals surface area contributed by atoms with Crippen LogP contribution in [0.5, 0.6) is 0 Å². The Morgan fingerprint density at radius 2 is 1.92 bits per heavy atom. The molecule has 1 unspecified atom stereocenters. The number of amides is 1. The lowest BCUT2D eigenvalue weighted by atomic mass is 9.72. The summed E-state index contributed by atoms with van der Waals surface area (Å²) < 4.78 is 0. The standard InChI is InChI=1S/C19H22N2O3/c1-11-6-15(20)4-5-16(11)19(24)21-8-14-7-17-12(9-22)2-3-13(10-23)18(14)17/h2-6,14,22-23H,7-10,20H2,1H3,(H,21,24). The molecule has 2 aromatic carbocycles. The molecule has 0 spiro atoms. The average molecular weight is 326 g/mol. The van der Waals surface area contributed by atoms with Crippen LogP contribution in [0, 0.1) is 6.92 Å². The van der Waals surface area contributed by atoms with Gasteiger partial charge in [-0.25, -0.2) is 0 Å². The number of anilines is 1. The normalized spacial score (nSPS) is 15.5. The van der Waals surface area contributed by atoms with E-state index in [-0.39, 0.29) is 25.0 Å². The predicted molar refractivity (Wildman–Crippen MR) is 92.7 cm³/mol. The van der Waals surface area contributed by atoms with E-state index in [1.165, 1.54) is 0 Å². The number of aliphatic hydroxyl groups excluding tert-OH is 2. The van der Waals surface area contributed by atoms with Crippen LogP contribution < -0.4 is 11.1 Å². The van der Waals surface area contributed by atoms with Crippen LogP contribution in [-0.2, 0) is 19.6 Å². The highest BCUT2D eigenvalue weighted by atomic mass is 16.3. The number of carbonyl (C=O) groups is 1. The maximum atomic E-state index is 12.4. The van der Waals surface area contributed by atoms with Crippen LogP contribution in [0.4, 0.5) is 5.69 Å². The van der Waals surface area contributed by atoms with Crippen LogP contribution in [-0.4, -0.2) is 22.7 Å². The Bertz CT molecular complexity index is 786. The van der Waals surface area contributed by atoms with Gasteiger partial charge in [0.15, 0.2) is 0 Å². The molecular weight excluding hydrogens is 304 g/mol. The van der Waals surface area contributed by atoms with Gasteiger partial charge in [-0.05, 0) is 59.4 Å². The van der Waals surface area contributed by atoms with Gasteiger partial charge in [-0.3, -0.25) is 4.79 Å². The maximum Gasteiger partial charge on any atom is 0.251 e. The molecule has 126 valence electrons. The maximum absolute atomic E-state index is 12.4. The van der Waals surface area contributed by atoms with E-state index >= 15 is 0 Å². The van der Waals surface area contributed by atoms with Crippen LogP contribution in [0.3, 0.4) is 0 Å². The Hall–Kier alpha value is -2.37. The number of hydrogen-bond acceptors (Lipinski definition) is 4. The van der Waals surface area contributed by atoms with E-state index in [2.05, 4.69) is 5.32 Å². The highest BCUT2D eigenvalue weighted by Crippen LogP contribution is 2.39. The summed E-state index contributed by atoms with van der Waals surface area (Å²) in [4.78, 5) is 12.4. The second kappa shape index (κ2) is 6.63. The second-order valence-electron chi connectivity index (χ2n) is 6.28. The lowest BCUT2D eigenvalue weighted by Gasteiger charge is -2.34. The monoisotopic (exact) mass is 326 g/mol. The highest BCUT2D eigenvalue weighted by Gasteiger charge is 2.31. The van der Waals surface area contributed by atoms with Crippen LogP contribution in [0.25, 0.3) is 0 Å². The minimum absolute atomic E-state index is 0.00223.